The monoisotopic (exact) mass is 319 g/mol. The van der Waals surface area contributed by atoms with Crippen LogP contribution >= 0.6 is 0 Å². The van der Waals surface area contributed by atoms with Crippen LogP contribution in [0.15, 0.2) is 47.6 Å². The van der Waals surface area contributed by atoms with E-state index in [4.69, 9.17) is 0 Å². The molecule has 1 fully saturated rings. The molecule has 2 heterocycles. The number of rotatable bonds is 4. The molecule has 22 heavy (non-hydrogen) atoms. The van der Waals surface area contributed by atoms with Gasteiger partial charge in [-0.1, -0.05) is 36.8 Å². The Morgan fingerprint density at radius 1 is 1.23 bits per heavy atom. The highest BCUT2D eigenvalue weighted by Crippen LogP contribution is 2.35. The Morgan fingerprint density at radius 3 is 2.68 bits per heavy atom. The van der Waals surface area contributed by atoms with Crippen LogP contribution in [0.25, 0.3) is 0 Å². The van der Waals surface area contributed by atoms with Gasteiger partial charge in [0.05, 0.1) is 12.2 Å². The molecule has 0 N–H and O–H groups in total. The molecule has 1 aromatic carbocycles. The van der Waals surface area contributed by atoms with E-state index in [-0.39, 0.29) is 10.9 Å². The van der Waals surface area contributed by atoms with Crippen LogP contribution in [0, 0.1) is 0 Å². The van der Waals surface area contributed by atoms with E-state index in [1.54, 1.807) is 15.2 Å². The predicted octanol–water partition coefficient (Wildman–Crippen LogP) is 2.82. The van der Waals surface area contributed by atoms with Gasteiger partial charge in [-0.3, -0.25) is 4.68 Å². The second-order valence-corrected chi connectivity index (χ2v) is 7.46. The van der Waals surface area contributed by atoms with Gasteiger partial charge >= 0.3 is 0 Å². The molecule has 1 unspecified atom stereocenters. The minimum atomic E-state index is -3.50. The van der Waals surface area contributed by atoms with E-state index in [0.29, 0.717) is 13.1 Å². The Hall–Kier alpha value is -1.66. The van der Waals surface area contributed by atoms with E-state index < -0.39 is 10.0 Å². The maximum Gasteiger partial charge on any atom is 0.246 e. The molecule has 6 heteroatoms. The Bertz CT molecular complexity index is 725. The Balaban J connectivity index is 1.96. The minimum Gasteiger partial charge on any atom is -0.272 e. The number of nitrogens with zero attached hydrogens (tertiary/aromatic N) is 3. The van der Waals surface area contributed by atoms with Crippen LogP contribution in [0.3, 0.4) is 0 Å². The molecule has 3 rings (SSSR count). The van der Waals surface area contributed by atoms with Gasteiger partial charge in [0, 0.05) is 19.3 Å². The molecule has 1 aliphatic heterocycles. The zero-order valence-corrected chi connectivity index (χ0v) is 13.5. The van der Waals surface area contributed by atoms with Gasteiger partial charge in [-0.05, 0) is 25.3 Å². The fourth-order valence-electron chi connectivity index (χ4n) is 2.99. The normalized spacial score (nSPS) is 20.1. The van der Waals surface area contributed by atoms with Crippen molar-refractivity contribution in [3.05, 3.63) is 48.3 Å². The summed E-state index contributed by atoms with van der Waals surface area (Å²) in [6, 6.07) is 9.82. The van der Waals surface area contributed by atoms with Crippen molar-refractivity contribution in [1.82, 2.24) is 14.1 Å². The van der Waals surface area contributed by atoms with Crippen LogP contribution in [-0.4, -0.2) is 29.0 Å². The number of hydrogen-bond acceptors (Lipinski definition) is 3. The molecule has 2 aromatic rings. The minimum absolute atomic E-state index is 0.0788. The summed E-state index contributed by atoms with van der Waals surface area (Å²) in [6.45, 7) is 3.17. The zero-order valence-electron chi connectivity index (χ0n) is 12.7. The second kappa shape index (κ2) is 6.22. The van der Waals surface area contributed by atoms with Gasteiger partial charge < -0.3 is 0 Å². The molecular weight excluding hydrogens is 298 g/mol. The Morgan fingerprint density at radius 2 is 2.00 bits per heavy atom. The van der Waals surface area contributed by atoms with Crippen molar-refractivity contribution in [2.24, 2.45) is 0 Å². The maximum absolute atomic E-state index is 13.0. The van der Waals surface area contributed by atoms with E-state index in [0.717, 1.165) is 24.8 Å². The fraction of sp³-hybridized carbons (Fsp3) is 0.438. The average molecular weight is 319 g/mol. The van der Waals surface area contributed by atoms with Crippen LogP contribution in [0.5, 0.6) is 0 Å². The highest BCUT2D eigenvalue weighted by atomic mass is 32.2. The Kier molecular flexibility index (Phi) is 4.31. The summed E-state index contributed by atoms with van der Waals surface area (Å²) in [5, 5.41) is 4.10. The Labute approximate surface area is 131 Å². The first kappa shape index (κ1) is 15.2. The smallest absolute Gasteiger partial charge is 0.246 e. The van der Waals surface area contributed by atoms with E-state index in [9.17, 15) is 8.42 Å². The topological polar surface area (TPSA) is 55.2 Å². The lowest BCUT2D eigenvalue weighted by Crippen LogP contribution is -2.38. The van der Waals surface area contributed by atoms with Crippen molar-refractivity contribution in [2.75, 3.05) is 6.54 Å². The van der Waals surface area contributed by atoms with E-state index >= 15 is 0 Å². The summed E-state index contributed by atoms with van der Waals surface area (Å²) < 4.78 is 29.2. The van der Waals surface area contributed by atoms with Crippen LogP contribution < -0.4 is 0 Å². The highest BCUT2D eigenvalue weighted by molar-refractivity contribution is 7.89. The fourth-order valence-corrected chi connectivity index (χ4v) is 4.62. The van der Waals surface area contributed by atoms with Crippen molar-refractivity contribution in [3.8, 4) is 0 Å². The third-order valence-electron chi connectivity index (χ3n) is 4.18. The first-order valence-electron chi connectivity index (χ1n) is 7.72. The van der Waals surface area contributed by atoms with Gasteiger partial charge in [0.15, 0.2) is 0 Å². The molecule has 0 saturated carbocycles. The third kappa shape index (κ3) is 2.80. The SMILES string of the molecule is CCn1cc(S(=O)(=O)N2CCCCC2c2ccccc2)cn1. The molecule has 0 aliphatic carbocycles. The summed E-state index contributed by atoms with van der Waals surface area (Å²) in [5.41, 5.74) is 1.06. The number of hydrogen-bond donors (Lipinski definition) is 0. The molecule has 0 amide bonds. The van der Waals surface area contributed by atoms with Gasteiger partial charge in [-0.15, -0.1) is 0 Å². The lowest BCUT2D eigenvalue weighted by atomic mass is 9.98. The summed E-state index contributed by atoms with van der Waals surface area (Å²) in [7, 11) is -3.50. The summed E-state index contributed by atoms with van der Waals surface area (Å²) in [5.74, 6) is 0. The quantitative estimate of drug-likeness (QED) is 0.871. The van der Waals surface area contributed by atoms with Gasteiger partial charge in [-0.2, -0.15) is 9.40 Å². The van der Waals surface area contributed by atoms with Crippen LogP contribution in [0.2, 0.25) is 0 Å². The second-order valence-electron chi connectivity index (χ2n) is 5.57. The molecular formula is C16H21N3O2S. The molecule has 0 bridgehead atoms. The number of sulfonamides is 1. The highest BCUT2D eigenvalue weighted by Gasteiger charge is 2.35. The van der Waals surface area contributed by atoms with Crippen molar-refractivity contribution < 1.29 is 8.42 Å². The molecule has 1 saturated heterocycles. The van der Waals surface area contributed by atoms with E-state index in [2.05, 4.69) is 5.10 Å². The van der Waals surface area contributed by atoms with Gasteiger partial charge in [0.2, 0.25) is 10.0 Å². The van der Waals surface area contributed by atoms with Crippen molar-refractivity contribution in [1.29, 1.82) is 0 Å². The van der Waals surface area contributed by atoms with Crippen LogP contribution in [-0.2, 0) is 16.6 Å². The van der Waals surface area contributed by atoms with Crippen LogP contribution in [0.1, 0.15) is 37.8 Å². The standard InChI is InChI=1S/C16H21N3O2S/c1-2-18-13-15(12-17-18)22(20,21)19-11-7-6-10-16(19)14-8-4-3-5-9-14/h3-5,8-9,12-13,16H,2,6-7,10-11H2,1H3. The van der Waals surface area contributed by atoms with Crippen molar-refractivity contribution in [3.63, 3.8) is 0 Å². The summed E-state index contributed by atoms with van der Waals surface area (Å²) >= 11 is 0. The zero-order chi connectivity index (χ0) is 15.6. The predicted molar refractivity (Wildman–Crippen MR) is 84.8 cm³/mol. The van der Waals surface area contributed by atoms with Gasteiger partial charge in [-0.25, -0.2) is 8.42 Å². The molecule has 5 nitrogen and oxygen atoms in total. The molecule has 0 spiro atoms. The first-order valence-corrected chi connectivity index (χ1v) is 9.16. The number of piperidine rings is 1. The maximum atomic E-state index is 13.0. The largest absolute Gasteiger partial charge is 0.272 e. The van der Waals surface area contributed by atoms with Gasteiger partial charge in [0.1, 0.15) is 4.90 Å². The molecule has 1 atom stereocenters. The first-order chi connectivity index (χ1) is 10.6. The molecule has 0 radical (unpaired) electrons. The average Bonchev–Trinajstić information content (AvgIpc) is 3.06. The number of aromatic nitrogens is 2. The van der Waals surface area contributed by atoms with E-state index in [1.165, 1.54) is 6.20 Å². The molecule has 118 valence electrons. The lowest BCUT2D eigenvalue weighted by Gasteiger charge is -2.34. The third-order valence-corrected chi connectivity index (χ3v) is 6.04. The molecule has 1 aliphatic rings. The number of aryl methyl sites for hydroxylation is 1. The summed E-state index contributed by atoms with van der Waals surface area (Å²) in [4.78, 5) is 0.289. The van der Waals surface area contributed by atoms with Crippen LogP contribution in [0.4, 0.5) is 0 Å². The van der Waals surface area contributed by atoms with Crippen molar-refractivity contribution >= 4 is 10.0 Å². The lowest BCUT2D eigenvalue weighted by molar-refractivity contribution is 0.256. The molecule has 1 aromatic heterocycles. The van der Waals surface area contributed by atoms with Crippen molar-refractivity contribution in [2.45, 2.75) is 43.7 Å². The van der Waals surface area contributed by atoms with E-state index in [1.807, 2.05) is 37.3 Å². The van der Waals surface area contributed by atoms with Gasteiger partial charge in [0.25, 0.3) is 0 Å². The summed E-state index contributed by atoms with van der Waals surface area (Å²) in [6.07, 6.45) is 5.90. The number of benzene rings is 1.